The van der Waals surface area contributed by atoms with E-state index in [9.17, 15) is 0 Å². The summed E-state index contributed by atoms with van der Waals surface area (Å²) in [6, 6.07) is 0. The standard InChI is InChI=1S/C12H27NOSi/c1-12(2,3)11(14-15(4)5)10-7-6-8-13-9-10/h10-11,13,15H,6-9H2,1-5H3. The van der Waals surface area contributed by atoms with Gasteiger partial charge in [0, 0.05) is 6.54 Å². The van der Waals surface area contributed by atoms with Gasteiger partial charge in [-0.3, -0.25) is 0 Å². The lowest BCUT2D eigenvalue weighted by Gasteiger charge is -2.40. The normalized spacial score (nSPS) is 25.6. The maximum absolute atomic E-state index is 6.25. The molecule has 1 N–H and O–H groups in total. The first-order chi connectivity index (χ1) is 6.91. The molecule has 0 aromatic heterocycles. The van der Waals surface area contributed by atoms with Crippen molar-refractivity contribution in [3.63, 3.8) is 0 Å². The molecule has 0 aromatic rings. The van der Waals surface area contributed by atoms with Crippen molar-refractivity contribution in [1.82, 2.24) is 5.32 Å². The predicted molar refractivity (Wildman–Crippen MR) is 68.8 cm³/mol. The van der Waals surface area contributed by atoms with Crippen LogP contribution in [0.1, 0.15) is 33.6 Å². The highest BCUT2D eigenvalue weighted by Crippen LogP contribution is 2.32. The van der Waals surface area contributed by atoms with Crippen LogP contribution >= 0.6 is 0 Å². The predicted octanol–water partition coefficient (Wildman–Crippen LogP) is 2.40. The first-order valence-corrected chi connectivity index (χ1v) is 9.05. The topological polar surface area (TPSA) is 21.3 Å². The molecule has 2 nitrogen and oxygen atoms in total. The Labute approximate surface area is 96.5 Å². The molecule has 3 heteroatoms. The van der Waals surface area contributed by atoms with E-state index >= 15 is 0 Å². The van der Waals surface area contributed by atoms with Crippen LogP contribution in [-0.2, 0) is 4.43 Å². The van der Waals surface area contributed by atoms with E-state index in [1.165, 1.54) is 19.4 Å². The van der Waals surface area contributed by atoms with Crippen molar-refractivity contribution in [2.45, 2.75) is 52.8 Å². The Hall–Kier alpha value is 0.137. The lowest BCUT2D eigenvalue weighted by Crippen LogP contribution is -2.45. The molecule has 1 saturated heterocycles. The Morgan fingerprint density at radius 1 is 1.33 bits per heavy atom. The van der Waals surface area contributed by atoms with E-state index in [0.29, 0.717) is 12.0 Å². The zero-order valence-corrected chi connectivity index (χ0v) is 12.1. The summed E-state index contributed by atoms with van der Waals surface area (Å²) in [5.74, 6) is 0.716. The molecule has 2 unspecified atom stereocenters. The van der Waals surface area contributed by atoms with Crippen molar-refractivity contribution >= 4 is 9.04 Å². The molecule has 15 heavy (non-hydrogen) atoms. The van der Waals surface area contributed by atoms with Crippen LogP contribution in [0, 0.1) is 11.3 Å². The molecule has 0 saturated carbocycles. The van der Waals surface area contributed by atoms with Crippen LogP contribution in [0.3, 0.4) is 0 Å². The van der Waals surface area contributed by atoms with Crippen molar-refractivity contribution in [1.29, 1.82) is 0 Å². The van der Waals surface area contributed by atoms with E-state index in [1.54, 1.807) is 0 Å². The average Bonchev–Trinajstić information content (AvgIpc) is 2.14. The Bertz CT molecular complexity index is 183. The van der Waals surface area contributed by atoms with Crippen LogP contribution in [0.15, 0.2) is 0 Å². The van der Waals surface area contributed by atoms with Crippen LogP contribution in [-0.4, -0.2) is 28.2 Å². The van der Waals surface area contributed by atoms with Crippen LogP contribution in [0.4, 0.5) is 0 Å². The minimum absolute atomic E-state index is 0.279. The van der Waals surface area contributed by atoms with Gasteiger partial charge in [0.1, 0.15) is 0 Å². The molecule has 2 atom stereocenters. The van der Waals surface area contributed by atoms with Crippen LogP contribution in [0.25, 0.3) is 0 Å². The molecule has 1 rings (SSSR count). The van der Waals surface area contributed by atoms with Gasteiger partial charge in [0.2, 0.25) is 0 Å². The molecule has 1 aliphatic rings. The highest BCUT2D eigenvalue weighted by atomic mass is 28.3. The van der Waals surface area contributed by atoms with E-state index in [4.69, 9.17) is 4.43 Å². The number of piperidine rings is 1. The molecule has 0 bridgehead atoms. The summed E-state index contributed by atoms with van der Waals surface area (Å²) in [6.45, 7) is 13.8. The highest BCUT2D eigenvalue weighted by Gasteiger charge is 2.34. The SMILES string of the molecule is C[SiH](C)OC(C1CCCNC1)C(C)(C)C. The van der Waals surface area contributed by atoms with Gasteiger partial charge in [0.05, 0.1) is 6.10 Å². The maximum Gasteiger partial charge on any atom is 0.171 e. The van der Waals surface area contributed by atoms with E-state index in [1.807, 2.05) is 0 Å². The summed E-state index contributed by atoms with van der Waals surface area (Å²) >= 11 is 0. The first-order valence-electron chi connectivity index (χ1n) is 6.27. The second kappa shape index (κ2) is 5.46. The van der Waals surface area contributed by atoms with Gasteiger partial charge in [-0.05, 0) is 43.8 Å². The molecule has 0 aromatic carbocycles. The van der Waals surface area contributed by atoms with E-state index in [2.05, 4.69) is 39.2 Å². The summed E-state index contributed by atoms with van der Waals surface area (Å²) in [4.78, 5) is 0. The molecule has 1 aliphatic heterocycles. The number of hydrogen-bond donors (Lipinski definition) is 1. The largest absolute Gasteiger partial charge is 0.417 e. The van der Waals surface area contributed by atoms with Crippen LogP contribution in [0.2, 0.25) is 13.1 Å². The van der Waals surface area contributed by atoms with Crippen LogP contribution < -0.4 is 5.32 Å². The molecule has 0 spiro atoms. The quantitative estimate of drug-likeness (QED) is 0.750. The Balaban J connectivity index is 2.61. The summed E-state index contributed by atoms with van der Waals surface area (Å²) in [6.07, 6.45) is 3.08. The minimum atomic E-state index is -0.927. The lowest BCUT2D eigenvalue weighted by atomic mass is 9.78. The Kier molecular flexibility index (Phi) is 4.81. The average molecular weight is 229 g/mol. The molecule has 0 aliphatic carbocycles. The van der Waals surface area contributed by atoms with Crippen molar-refractivity contribution < 1.29 is 4.43 Å². The Morgan fingerprint density at radius 2 is 2.00 bits per heavy atom. The third kappa shape index (κ3) is 4.25. The smallest absolute Gasteiger partial charge is 0.171 e. The second-order valence-electron chi connectivity index (χ2n) is 6.08. The van der Waals surface area contributed by atoms with Crippen LogP contribution in [0.5, 0.6) is 0 Å². The molecular formula is C12H27NOSi. The third-order valence-corrected chi connectivity index (χ3v) is 3.87. The van der Waals surface area contributed by atoms with Gasteiger partial charge in [0.25, 0.3) is 0 Å². The Morgan fingerprint density at radius 3 is 2.40 bits per heavy atom. The minimum Gasteiger partial charge on any atom is -0.417 e. The summed E-state index contributed by atoms with van der Waals surface area (Å²) < 4.78 is 6.25. The lowest BCUT2D eigenvalue weighted by molar-refractivity contribution is 0.0231. The van der Waals surface area contributed by atoms with E-state index < -0.39 is 9.04 Å². The van der Waals surface area contributed by atoms with Gasteiger partial charge in [-0.25, -0.2) is 0 Å². The van der Waals surface area contributed by atoms with Crippen molar-refractivity contribution in [2.75, 3.05) is 13.1 Å². The van der Waals surface area contributed by atoms with Crippen molar-refractivity contribution in [3.8, 4) is 0 Å². The van der Waals surface area contributed by atoms with Gasteiger partial charge in [-0.2, -0.15) is 0 Å². The third-order valence-electron chi connectivity index (χ3n) is 3.04. The zero-order chi connectivity index (χ0) is 11.5. The fraction of sp³-hybridized carbons (Fsp3) is 1.00. The zero-order valence-electron chi connectivity index (χ0n) is 11.0. The number of rotatable bonds is 3. The summed E-state index contributed by atoms with van der Waals surface area (Å²) in [5.41, 5.74) is 0.279. The number of nitrogens with one attached hydrogen (secondary N) is 1. The maximum atomic E-state index is 6.25. The molecule has 0 amide bonds. The van der Waals surface area contributed by atoms with E-state index in [0.717, 1.165) is 6.54 Å². The molecule has 1 heterocycles. The van der Waals surface area contributed by atoms with Crippen molar-refractivity contribution in [2.24, 2.45) is 11.3 Å². The molecule has 90 valence electrons. The fourth-order valence-electron chi connectivity index (χ4n) is 2.45. The number of hydrogen-bond acceptors (Lipinski definition) is 2. The van der Waals surface area contributed by atoms with Gasteiger partial charge in [-0.1, -0.05) is 20.8 Å². The molecule has 0 radical (unpaired) electrons. The van der Waals surface area contributed by atoms with Gasteiger partial charge < -0.3 is 9.74 Å². The monoisotopic (exact) mass is 229 g/mol. The second-order valence-corrected chi connectivity index (χ2v) is 8.45. The van der Waals surface area contributed by atoms with Crippen molar-refractivity contribution in [3.05, 3.63) is 0 Å². The van der Waals surface area contributed by atoms with Gasteiger partial charge >= 0.3 is 0 Å². The summed E-state index contributed by atoms with van der Waals surface area (Å²) in [5, 5.41) is 3.50. The molecular weight excluding hydrogens is 202 g/mol. The highest BCUT2D eigenvalue weighted by molar-refractivity contribution is 6.48. The fourth-order valence-corrected chi connectivity index (χ4v) is 3.67. The van der Waals surface area contributed by atoms with Gasteiger partial charge in [0.15, 0.2) is 9.04 Å². The molecule has 1 fully saturated rings. The van der Waals surface area contributed by atoms with E-state index in [-0.39, 0.29) is 5.41 Å². The van der Waals surface area contributed by atoms with Gasteiger partial charge in [-0.15, -0.1) is 0 Å². The first kappa shape index (κ1) is 13.2. The summed E-state index contributed by atoms with van der Waals surface area (Å²) in [7, 11) is -0.927.